The summed E-state index contributed by atoms with van der Waals surface area (Å²) in [5.74, 6) is 0.461. The summed E-state index contributed by atoms with van der Waals surface area (Å²) >= 11 is 0. The van der Waals surface area contributed by atoms with Crippen LogP contribution in [0.3, 0.4) is 0 Å². The van der Waals surface area contributed by atoms with Crippen molar-refractivity contribution in [3.63, 3.8) is 0 Å². The minimum Gasteiger partial charge on any atom is -0.393 e. The molecular formula is C15H28N2O2. The van der Waals surface area contributed by atoms with Crippen LogP contribution in [-0.4, -0.2) is 59.1 Å². The third-order valence-electron chi connectivity index (χ3n) is 4.00. The zero-order valence-corrected chi connectivity index (χ0v) is 12.7. The Morgan fingerprint density at radius 3 is 2.58 bits per heavy atom. The molecule has 0 aromatic heterocycles. The number of hydrogen-bond donors (Lipinski definition) is 1. The maximum Gasteiger partial charge on any atom is 0.239 e. The Morgan fingerprint density at radius 2 is 2.16 bits per heavy atom. The number of amides is 1. The molecule has 1 saturated heterocycles. The Hall–Kier alpha value is -0.870. The Kier molecular flexibility index (Phi) is 6.01. The van der Waals surface area contributed by atoms with Gasteiger partial charge in [0.2, 0.25) is 5.91 Å². The van der Waals surface area contributed by atoms with E-state index < -0.39 is 0 Å². The van der Waals surface area contributed by atoms with E-state index in [4.69, 9.17) is 0 Å². The summed E-state index contributed by atoms with van der Waals surface area (Å²) in [6, 6.07) is -0.108. The average Bonchev–Trinajstić information content (AvgIpc) is 2.83. The molecule has 1 fully saturated rings. The van der Waals surface area contributed by atoms with E-state index >= 15 is 0 Å². The second-order valence-electron chi connectivity index (χ2n) is 5.77. The minimum absolute atomic E-state index is 0.108. The zero-order chi connectivity index (χ0) is 14.6. The van der Waals surface area contributed by atoms with Gasteiger partial charge < -0.3 is 10.0 Å². The van der Waals surface area contributed by atoms with Gasteiger partial charge in [0.1, 0.15) is 0 Å². The van der Waals surface area contributed by atoms with Gasteiger partial charge in [0.15, 0.2) is 0 Å². The standard InChI is InChI=1S/C15H28N2O2/c1-6-16(9-11(2)3)15(19)12(4)17-8-7-14(10-17)13(5)18/h12-14,18H,2,6-10H2,1,3-5H3. The van der Waals surface area contributed by atoms with Gasteiger partial charge in [-0.1, -0.05) is 12.2 Å². The molecule has 1 N–H and O–H groups in total. The molecule has 0 bridgehead atoms. The van der Waals surface area contributed by atoms with E-state index in [0.29, 0.717) is 19.0 Å². The first-order valence-corrected chi connectivity index (χ1v) is 7.22. The molecule has 1 rings (SSSR count). The summed E-state index contributed by atoms with van der Waals surface area (Å²) in [5.41, 5.74) is 1.01. The van der Waals surface area contributed by atoms with E-state index in [1.807, 2.05) is 32.6 Å². The van der Waals surface area contributed by atoms with Crippen molar-refractivity contribution in [3.8, 4) is 0 Å². The van der Waals surface area contributed by atoms with E-state index in [2.05, 4.69) is 11.5 Å². The second kappa shape index (κ2) is 7.06. The molecule has 19 heavy (non-hydrogen) atoms. The number of nitrogens with zero attached hydrogens (tertiary/aromatic N) is 2. The molecule has 0 saturated carbocycles. The maximum absolute atomic E-state index is 12.5. The number of likely N-dealkylation sites (tertiary alicyclic amines) is 1. The molecule has 0 radical (unpaired) electrons. The number of likely N-dealkylation sites (N-methyl/N-ethyl adjacent to an activating group) is 1. The Balaban J connectivity index is 2.59. The summed E-state index contributed by atoms with van der Waals surface area (Å²) < 4.78 is 0. The largest absolute Gasteiger partial charge is 0.393 e. The van der Waals surface area contributed by atoms with E-state index in [0.717, 1.165) is 25.1 Å². The van der Waals surface area contributed by atoms with Crippen LogP contribution in [0, 0.1) is 5.92 Å². The van der Waals surface area contributed by atoms with Crippen LogP contribution in [0.15, 0.2) is 12.2 Å². The summed E-state index contributed by atoms with van der Waals surface area (Å²) in [7, 11) is 0. The Labute approximate surface area is 117 Å². The number of rotatable bonds is 6. The molecule has 1 aliphatic heterocycles. The first-order valence-electron chi connectivity index (χ1n) is 7.22. The molecule has 0 spiro atoms. The highest BCUT2D eigenvalue weighted by Crippen LogP contribution is 2.22. The van der Waals surface area contributed by atoms with Crippen molar-refractivity contribution >= 4 is 5.91 Å². The number of aliphatic hydroxyl groups is 1. The van der Waals surface area contributed by atoms with Crippen LogP contribution >= 0.6 is 0 Å². The summed E-state index contributed by atoms with van der Waals surface area (Å²) in [6.45, 7) is 14.7. The smallest absolute Gasteiger partial charge is 0.239 e. The lowest BCUT2D eigenvalue weighted by Crippen LogP contribution is -2.47. The van der Waals surface area contributed by atoms with Crippen molar-refractivity contribution in [2.45, 2.75) is 46.3 Å². The first kappa shape index (κ1) is 16.2. The third-order valence-corrected chi connectivity index (χ3v) is 4.00. The fraction of sp³-hybridized carbons (Fsp3) is 0.800. The van der Waals surface area contributed by atoms with Gasteiger partial charge in [-0.3, -0.25) is 9.69 Å². The van der Waals surface area contributed by atoms with Gasteiger partial charge in [0.25, 0.3) is 0 Å². The van der Waals surface area contributed by atoms with Crippen LogP contribution in [0.2, 0.25) is 0 Å². The first-order chi connectivity index (χ1) is 8.86. The van der Waals surface area contributed by atoms with E-state index in [9.17, 15) is 9.90 Å². The highest BCUT2D eigenvalue weighted by atomic mass is 16.3. The Morgan fingerprint density at radius 1 is 1.53 bits per heavy atom. The van der Waals surface area contributed by atoms with Gasteiger partial charge in [-0.15, -0.1) is 0 Å². The second-order valence-corrected chi connectivity index (χ2v) is 5.77. The molecule has 0 aromatic carbocycles. The van der Waals surface area contributed by atoms with Crippen molar-refractivity contribution < 1.29 is 9.90 Å². The SMILES string of the molecule is C=C(C)CN(CC)C(=O)C(C)N1CCC(C(C)O)C1. The molecule has 0 aromatic rings. The lowest BCUT2D eigenvalue weighted by atomic mass is 10.0. The van der Waals surface area contributed by atoms with Crippen LogP contribution in [0.4, 0.5) is 0 Å². The van der Waals surface area contributed by atoms with Crippen LogP contribution in [0.1, 0.15) is 34.1 Å². The van der Waals surface area contributed by atoms with Gasteiger partial charge in [-0.05, 0) is 46.6 Å². The lowest BCUT2D eigenvalue weighted by Gasteiger charge is -2.30. The Bertz CT molecular complexity index is 328. The molecule has 4 nitrogen and oxygen atoms in total. The quantitative estimate of drug-likeness (QED) is 0.743. The molecule has 1 aliphatic rings. The summed E-state index contributed by atoms with van der Waals surface area (Å²) in [5, 5.41) is 9.63. The molecule has 4 heteroatoms. The van der Waals surface area contributed by atoms with Gasteiger partial charge >= 0.3 is 0 Å². The molecule has 0 aliphatic carbocycles. The van der Waals surface area contributed by atoms with Gasteiger partial charge in [-0.25, -0.2) is 0 Å². The maximum atomic E-state index is 12.5. The van der Waals surface area contributed by atoms with E-state index in [1.165, 1.54) is 0 Å². The number of hydrogen-bond acceptors (Lipinski definition) is 3. The predicted octanol–water partition coefficient (Wildman–Crippen LogP) is 1.50. The highest BCUT2D eigenvalue weighted by Gasteiger charge is 2.33. The van der Waals surface area contributed by atoms with Crippen LogP contribution in [-0.2, 0) is 4.79 Å². The van der Waals surface area contributed by atoms with Gasteiger partial charge in [-0.2, -0.15) is 0 Å². The summed E-state index contributed by atoms with van der Waals surface area (Å²) in [6.07, 6.45) is 0.687. The number of aliphatic hydroxyl groups excluding tert-OH is 1. The monoisotopic (exact) mass is 268 g/mol. The van der Waals surface area contributed by atoms with Crippen molar-refractivity contribution in [3.05, 3.63) is 12.2 Å². The summed E-state index contributed by atoms with van der Waals surface area (Å²) in [4.78, 5) is 16.5. The molecule has 110 valence electrons. The van der Waals surface area contributed by atoms with Crippen molar-refractivity contribution in [2.75, 3.05) is 26.2 Å². The van der Waals surface area contributed by atoms with Crippen LogP contribution in [0.25, 0.3) is 0 Å². The minimum atomic E-state index is -0.287. The lowest BCUT2D eigenvalue weighted by molar-refractivity contribution is -0.135. The topological polar surface area (TPSA) is 43.8 Å². The van der Waals surface area contributed by atoms with Gasteiger partial charge in [0.05, 0.1) is 12.1 Å². The van der Waals surface area contributed by atoms with Gasteiger partial charge in [0, 0.05) is 19.6 Å². The fourth-order valence-electron chi connectivity index (χ4n) is 2.65. The number of carbonyl (C=O) groups excluding carboxylic acids is 1. The van der Waals surface area contributed by atoms with Crippen molar-refractivity contribution in [2.24, 2.45) is 5.92 Å². The zero-order valence-electron chi connectivity index (χ0n) is 12.7. The van der Waals surface area contributed by atoms with E-state index in [1.54, 1.807) is 0 Å². The molecule has 3 unspecified atom stereocenters. The molecule has 3 atom stereocenters. The van der Waals surface area contributed by atoms with Crippen LogP contribution in [0.5, 0.6) is 0 Å². The predicted molar refractivity (Wildman–Crippen MR) is 77.9 cm³/mol. The van der Waals surface area contributed by atoms with Crippen molar-refractivity contribution in [1.82, 2.24) is 9.80 Å². The molecule has 1 amide bonds. The number of carbonyl (C=O) groups is 1. The third kappa shape index (κ3) is 4.32. The average molecular weight is 268 g/mol. The van der Waals surface area contributed by atoms with Crippen LogP contribution < -0.4 is 0 Å². The molecule has 1 heterocycles. The highest BCUT2D eigenvalue weighted by molar-refractivity contribution is 5.81. The molecular weight excluding hydrogens is 240 g/mol. The van der Waals surface area contributed by atoms with Crippen molar-refractivity contribution in [1.29, 1.82) is 0 Å². The van der Waals surface area contributed by atoms with E-state index in [-0.39, 0.29) is 18.1 Å². The fourth-order valence-corrected chi connectivity index (χ4v) is 2.65. The normalized spacial score (nSPS) is 23.1.